The number of aryl methyl sites for hydroxylation is 3. The molecule has 0 saturated carbocycles. The summed E-state index contributed by atoms with van der Waals surface area (Å²) in [7, 11) is 0. The first-order valence-electron chi connectivity index (χ1n) is 13.8. The molecular formula is C30H36ClF3N6O. The monoisotopic (exact) mass is 588 g/mol. The summed E-state index contributed by atoms with van der Waals surface area (Å²) in [6.45, 7) is 10.6. The Balaban J connectivity index is 1.37. The SMILES string of the molecule is Cc1ccncc1CN(c1ccc(C(F)(F)F)nc1)C1CCN(C(C)CCNC(=O)c2c(C)cc(Cl)nc2C)CC1. The van der Waals surface area contributed by atoms with Crippen LogP contribution in [-0.2, 0) is 12.7 Å². The highest BCUT2D eigenvalue weighted by Crippen LogP contribution is 2.31. The van der Waals surface area contributed by atoms with Crippen LogP contribution in [0.1, 0.15) is 64.6 Å². The number of aromatic nitrogens is 3. The van der Waals surface area contributed by atoms with E-state index in [1.807, 2.05) is 26.1 Å². The number of piperidine rings is 1. The van der Waals surface area contributed by atoms with Crippen molar-refractivity contribution in [2.45, 2.75) is 71.8 Å². The molecule has 0 aliphatic carbocycles. The molecule has 0 aromatic carbocycles. The molecule has 1 unspecified atom stereocenters. The minimum atomic E-state index is -4.48. The fourth-order valence-corrected chi connectivity index (χ4v) is 5.72. The van der Waals surface area contributed by atoms with Crippen LogP contribution in [0.3, 0.4) is 0 Å². The molecule has 1 fully saturated rings. The molecule has 1 atom stereocenters. The van der Waals surface area contributed by atoms with E-state index in [4.69, 9.17) is 11.6 Å². The molecule has 1 amide bonds. The first-order valence-corrected chi connectivity index (χ1v) is 14.2. The molecule has 4 rings (SSSR count). The summed E-state index contributed by atoms with van der Waals surface area (Å²) in [5.41, 5.74) is 3.84. The molecule has 7 nitrogen and oxygen atoms in total. The minimum Gasteiger partial charge on any atom is -0.363 e. The van der Waals surface area contributed by atoms with E-state index in [2.05, 4.69) is 37.0 Å². The number of halogens is 4. The van der Waals surface area contributed by atoms with Gasteiger partial charge in [-0.15, -0.1) is 0 Å². The van der Waals surface area contributed by atoms with Crippen molar-refractivity contribution in [3.05, 3.63) is 81.7 Å². The number of amides is 1. The summed E-state index contributed by atoms with van der Waals surface area (Å²) in [5.74, 6) is -0.151. The summed E-state index contributed by atoms with van der Waals surface area (Å²) in [4.78, 5) is 29.5. The summed E-state index contributed by atoms with van der Waals surface area (Å²) < 4.78 is 39.4. The van der Waals surface area contributed by atoms with E-state index in [0.29, 0.717) is 35.2 Å². The number of carbonyl (C=O) groups excluding carboxylic acids is 1. The van der Waals surface area contributed by atoms with Gasteiger partial charge in [-0.05, 0) is 87.9 Å². The van der Waals surface area contributed by atoms with Gasteiger partial charge in [0.1, 0.15) is 10.8 Å². The second-order valence-electron chi connectivity index (χ2n) is 10.7. The van der Waals surface area contributed by atoms with Gasteiger partial charge in [0.05, 0.1) is 23.1 Å². The maximum Gasteiger partial charge on any atom is 0.433 e. The van der Waals surface area contributed by atoms with Crippen molar-refractivity contribution in [1.29, 1.82) is 0 Å². The summed E-state index contributed by atoms with van der Waals surface area (Å²) in [6.07, 6.45) is 2.89. The van der Waals surface area contributed by atoms with Crippen molar-refractivity contribution in [3.8, 4) is 0 Å². The highest BCUT2D eigenvalue weighted by Gasteiger charge is 2.33. The van der Waals surface area contributed by atoms with E-state index in [-0.39, 0.29) is 18.0 Å². The number of hydrogen-bond donors (Lipinski definition) is 1. The molecular weight excluding hydrogens is 553 g/mol. The van der Waals surface area contributed by atoms with E-state index in [1.54, 1.807) is 19.2 Å². The number of likely N-dealkylation sites (tertiary alicyclic amines) is 1. The third-order valence-electron chi connectivity index (χ3n) is 7.86. The lowest BCUT2D eigenvalue weighted by atomic mass is 9.99. The molecule has 3 aromatic rings. The predicted molar refractivity (Wildman–Crippen MR) is 154 cm³/mol. The third-order valence-corrected chi connectivity index (χ3v) is 8.06. The van der Waals surface area contributed by atoms with Crippen LogP contribution in [0.2, 0.25) is 5.15 Å². The number of rotatable bonds is 9. The van der Waals surface area contributed by atoms with Gasteiger partial charge in [-0.25, -0.2) is 9.97 Å². The average molecular weight is 589 g/mol. The Bertz CT molecular complexity index is 1320. The molecule has 0 spiro atoms. The smallest absolute Gasteiger partial charge is 0.363 e. The highest BCUT2D eigenvalue weighted by atomic mass is 35.5. The summed E-state index contributed by atoms with van der Waals surface area (Å²) in [5, 5.41) is 3.39. The van der Waals surface area contributed by atoms with Crippen molar-refractivity contribution in [3.63, 3.8) is 0 Å². The first-order chi connectivity index (χ1) is 19.4. The number of nitrogens with one attached hydrogen (secondary N) is 1. The zero-order valence-corrected chi connectivity index (χ0v) is 24.6. The van der Waals surface area contributed by atoms with Crippen LogP contribution in [0.25, 0.3) is 0 Å². The quantitative estimate of drug-likeness (QED) is 0.302. The van der Waals surface area contributed by atoms with E-state index in [0.717, 1.165) is 55.1 Å². The van der Waals surface area contributed by atoms with Crippen LogP contribution in [-0.4, -0.2) is 57.5 Å². The number of alkyl halides is 3. The van der Waals surface area contributed by atoms with Crippen LogP contribution in [0.5, 0.6) is 0 Å². The molecule has 3 aromatic heterocycles. The van der Waals surface area contributed by atoms with Gasteiger partial charge in [-0.3, -0.25) is 9.78 Å². The fraction of sp³-hybridized carbons (Fsp3) is 0.467. The largest absolute Gasteiger partial charge is 0.433 e. The maximum atomic E-state index is 13.1. The number of nitrogens with zero attached hydrogens (tertiary/aromatic N) is 5. The van der Waals surface area contributed by atoms with Gasteiger partial charge in [0.15, 0.2) is 0 Å². The van der Waals surface area contributed by atoms with Crippen LogP contribution in [0.4, 0.5) is 18.9 Å². The lowest BCUT2D eigenvalue weighted by Crippen LogP contribution is -2.48. The zero-order chi connectivity index (χ0) is 29.7. The standard InChI is InChI=1S/C30H36ClF3N6O/c1-19-7-11-35-16-23(19)18-40(25-5-6-26(37-17-25)30(32,33)34)24-9-13-39(14-10-24)21(3)8-12-36-29(41)28-20(2)15-27(31)38-22(28)4/h5-7,11,15-17,21,24H,8-10,12-14,18H2,1-4H3,(H,36,41). The van der Waals surface area contributed by atoms with Crippen molar-refractivity contribution >= 4 is 23.2 Å². The Kier molecular flexibility index (Phi) is 9.86. The Morgan fingerprint density at radius 2 is 1.88 bits per heavy atom. The molecule has 220 valence electrons. The average Bonchev–Trinajstić information content (AvgIpc) is 2.92. The van der Waals surface area contributed by atoms with Gasteiger partial charge in [0.2, 0.25) is 0 Å². The molecule has 1 saturated heterocycles. The minimum absolute atomic E-state index is 0.139. The summed E-state index contributed by atoms with van der Waals surface area (Å²) in [6, 6.07) is 6.58. The van der Waals surface area contributed by atoms with Gasteiger partial charge in [0.25, 0.3) is 5.91 Å². The lowest BCUT2D eigenvalue weighted by molar-refractivity contribution is -0.141. The molecule has 1 N–H and O–H groups in total. The predicted octanol–water partition coefficient (Wildman–Crippen LogP) is 6.15. The molecule has 11 heteroatoms. The Hall–Kier alpha value is -3.24. The van der Waals surface area contributed by atoms with Gasteiger partial charge >= 0.3 is 6.18 Å². The van der Waals surface area contributed by atoms with Crippen molar-refractivity contribution < 1.29 is 18.0 Å². The maximum absolute atomic E-state index is 13.1. The molecule has 1 aliphatic heterocycles. The Morgan fingerprint density at radius 3 is 2.49 bits per heavy atom. The van der Waals surface area contributed by atoms with Gasteiger partial charge < -0.3 is 15.1 Å². The van der Waals surface area contributed by atoms with Crippen LogP contribution >= 0.6 is 11.6 Å². The van der Waals surface area contributed by atoms with E-state index >= 15 is 0 Å². The first kappa shape index (κ1) is 30.7. The topological polar surface area (TPSA) is 74.2 Å². The van der Waals surface area contributed by atoms with Crippen molar-refractivity contribution in [1.82, 2.24) is 25.2 Å². The molecule has 0 radical (unpaired) electrons. The number of carbonyl (C=O) groups is 1. The van der Waals surface area contributed by atoms with E-state index in [1.165, 1.54) is 12.3 Å². The van der Waals surface area contributed by atoms with Crippen molar-refractivity contribution in [2.24, 2.45) is 0 Å². The second kappa shape index (κ2) is 13.2. The van der Waals surface area contributed by atoms with Crippen LogP contribution < -0.4 is 10.2 Å². The zero-order valence-electron chi connectivity index (χ0n) is 23.8. The molecule has 41 heavy (non-hydrogen) atoms. The highest BCUT2D eigenvalue weighted by molar-refractivity contribution is 6.29. The van der Waals surface area contributed by atoms with E-state index in [9.17, 15) is 18.0 Å². The van der Waals surface area contributed by atoms with Crippen LogP contribution in [0, 0.1) is 20.8 Å². The number of anilines is 1. The number of hydrogen-bond acceptors (Lipinski definition) is 6. The third kappa shape index (κ3) is 7.74. The van der Waals surface area contributed by atoms with Gasteiger partial charge in [0, 0.05) is 50.7 Å². The Labute approximate surface area is 244 Å². The van der Waals surface area contributed by atoms with Crippen LogP contribution in [0.15, 0.2) is 42.9 Å². The van der Waals surface area contributed by atoms with Gasteiger partial charge in [-0.2, -0.15) is 13.2 Å². The molecule has 1 aliphatic rings. The normalized spacial score (nSPS) is 15.5. The fourth-order valence-electron chi connectivity index (χ4n) is 5.43. The molecule has 0 bridgehead atoms. The lowest BCUT2D eigenvalue weighted by Gasteiger charge is -2.42. The Morgan fingerprint density at radius 1 is 1.15 bits per heavy atom. The summed E-state index contributed by atoms with van der Waals surface area (Å²) >= 11 is 6.00. The van der Waals surface area contributed by atoms with Gasteiger partial charge in [-0.1, -0.05) is 11.6 Å². The molecule has 4 heterocycles. The van der Waals surface area contributed by atoms with Crippen molar-refractivity contribution in [2.75, 3.05) is 24.5 Å². The second-order valence-corrected chi connectivity index (χ2v) is 11.1. The number of pyridine rings is 3. The van der Waals surface area contributed by atoms with E-state index < -0.39 is 11.9 Å².